The molecule has 2 bridgehead atoms. The molecule has 4 rings (SSSR count). The molecule has 2 fully saturated rings. The first-order valence-corrected chi connectivity index (χ1v) is 10.0. The van der Waals surface area contributed by atoms with Gasteiger partial charge in [0.2, 0.25) is 5.91 Å². The molecule has 0 unspecified atom stereocenters. The Labute approximate surface area is 164 Å². The van der Waals surface area contributed by atoms with Crippen molar-refractivity contribution in [2.45, 2.75) is 19.3 Å². The van der Waals surface area contributed by atoms with Gasteiger partial charge in [-0.3, -0.25) is 9.59 Å². The average Bonchev–Trinajstić information content (AvgIpc) is 3.29. The Hall–Kier alpha value is -1.63. The fourth-order valence-corrected chi connectivity index (χ4v) is 5.58. The van der Waals surface area contributed by atoms with E-state index < -0.39 is 17.8 Å². The van der Waals surface area contributed by atoms with Gasteiger partial charge in [0.05, 0.1) is 22.6 Å². The Morgan fingerprint density at radius 2 is 1.92 bits per heavy atom. The number of hydrogen-bond donors (Lipinski definition) is 2. The number of benzene rings is 1. The first kappa shape index (κ1) is 17.8. The van der Waals surface area contributed by atoms with Gasteiger partial charge in [-0.25, -0.2) is 4.98 Å². The third kappa shape index (κ3) is 3.10. The first-order chi connectivity index (χ1) is 12.4. The highest BCUT2D eigenvalue weighted by Gasteiger charge is 2.54. The molecule has 4 atom stereocenters. The van der Waals surface area contributed by atoms with Crippen molar-refractivity contribution >= 4 is 51.5 Å². The maximum Gasteiger partial charge on any atom is 0.307 e. The number of nitrogens with zero attached hydrogens (tertiary/aromatic N) is 1. The Balaban J connectivity index is 1.52. The maximum atomic E-state index is 12.7. The number of carbonyl (C=O) groups excluding carboxylic acids is 1. The molecule has 1 aromatic heterocycles. The largest absolute Gasteiger partial charge is 0.481 e. The highest BCUT2D eigenvalue weighted by molar-refractivity contribution is 7.14. The molecule has 0 saturated heterocycles. The van der Waals surface area contributed by atoms with Crippen LogP contribution in [0.15, 0.2) is 23.6 Å². The van der Waals surface area contributed by atoms with Gasteiger partial charge in [0.25, 0.3) is 0 Å². The molecule has 1 heterocycles. The topological polar surface area (TPSA) is 79.3 Å². The molecule has 0 spiro atoms. The van der Waals surface area contributed by atoms with Gasteiger partial charge in [0.1, 0.15) is 0 Å². The lowest BCUT2D eigenvalue weighted by molar-refractivity contribution is -0.148. The Kier molecular flexibility index (Phi) is 4.67. The summed E-state index contributed by atoms with van der Waals surface area (Å²) in [5.74, 6) is -1.89. The van der Waals surface area contributed by atoms with Crippen molar-refractivity contribution in [1.29, 1.82) is 0 Å². The van der Waals surface area contributed by atoms with E-state index in [0.717, 1.165) is 24.8 Å². The van der Waals surface area contributed by atoms with Crippen molar-refractivity contribution in [3.63, 3.8) is 0 Å². The number of aromatic nitrogens is 1. The second kappa shape index (κ2) is 6.83. The number of fused-ring (bicyclic) bond motifs is 2. The molecule has 5 nitrogen and oxygen atoms in total. The number of rotatable bonds is 4. The van der Waals surface area contributed by atoms with Crippen LogP contribution in [0.3, 0.4) is 0 Å². The van der Waals surface area contributed by atoms with Crippen molar-refractivity contribution in [2.24, 2.45) is 23.7 Å². The highest BCUT2D eigenvalue weighted by atomic mass is 35.5. The van der Waals surface area contributed by atoms with E-state index in [9.17, 15) is 14.7 Å². The van der Waals surface area contributed by atoms with Crippen LogP contribution in [0.2, 0.25) is 10.0 Å². The number of nitrogens with one attached hydrogen (secondary N) is 1. The van der Waals surface area contributed by atoms with E-state index >= 15 is 0 Å². The zero-order valence-electron chi connectivity index (χ0n) is 13.6. The predicted octanol–water partition coefficient (Wildman–Crippen LogP) is 4.80. The van der Waals surface area contributed by atoms with Crippen LogP contribution in [0.4, 0.5) is 5.13 Å². The molecule has 2 saturated carbocycles. The number of thiazole rings is 1. The van der Waals surface area contributed by atoms with E-state index in [2.05, 4.69) is 10.3 Å². The van der Waals surface area contributed by atoms with Crippen LogP contribution < -0.4 is 5.32 Å². The molecule has 0 radical (unpaired) electrons. The molecule has 0 aliphatic heterocycles. The first-order valence-electron chi connectivity index (χ1n) is 8.38. The van der Waals surface area contributed by atoms with E-state index in [0.29, 0.717) is 20.9 Å². The van der Waals surface area contributed by atoms with Crippen molar-refractivity contribution in [3.05, 3.63) is 33.6 Å². The zero-order chi connectivity index (χ0) is 18.4. The summed E-state index contributed by atoms with van der Waals surface area (Å²) in [4.78, 5) is 28.7. The van der Waals surface area contributed by atoms with E-state index in [1.807, 2.05) is 0 Å². The van der Waals surface area contributed by atoms with Gasteiger partial charge >= 0.3 is 5.97 Å². The lowest BCUT2D eigenvalue weighted by Gasteiger charge is -2.26. The molecule has 2 aliphatic carbocycles. The van der Waals surface area contributed by atoms with Crippen LogP contribution in [0, 0.1) is 23.7 Å². The van der Waals surface area contributed by atoms with Crippen molar-refractivity contribution in [3.8, 4) is 11.3 Å². The number of amides is 1. The standard InChI is InChI=1S/C18H16Cl2N2O3S/c19-10-3-4-11(12(20)6-10)13-7-26-18(21-13)22-16(23)14-8-1-2-9(5-8)15(14)17(24)25/h3-4,6-9,14-15H,1-2,5H2,(H,24,25)(H,21,22,23)/t8-,9+,14-,15+/m0/s1. The number of anilines is 1. The van der Waals surface area contributed by atoms with Gasteiger partial charge in [0, 0.05) is 16.0 Å². The number of carboxylic acids is 1. The maximum absolute atomic E-state index is 12.7. The summed E-state index contributed by atoms with van der Waals surface area (Å²) in [6, 6.07) is 5.15. The molecule has 2 N–H and O–H groups in total. The van der Waals surface area contributed by atoms with E-state index in [4.69, 9.17) is 23.2 Å². The summed E-state index contributed by atoms with van der Waals surface area (Å²) < 4.78 is 0. The lowest BCUT2D eigenvalue weighted by atomic mass is 9.79. The summed E-state index contributed by atoms with van der Waals surface area (Å²) in [7, 11) is 0. The fourth-order valence-electron chi connectivity index (χ4n) is 4.36. The second-order valence-corrected chi connectivity index (χ2v) is 8.58. The molecule has 2 aliphatic rings. The van der Waals surface area contributed by atoms with Crippen LogP contribution in [0.1, 0.15) is 19.3 Å². The minimum atomic E-state index is -0.870. The van der Waals surface area contributed by atoms with Gasteiger partial charge < -0.3 is 10.4 Å². The van der Waals surface area contributed by atoms with Gasteiger partial charge in [-0.2, -0.15) is 0 Å². The molecule has 1 amide bonds. The Morgan fingerprint density at radius 3 is 2.62 bits per heavy atom. The minimum absolute atomic E-state index is 0.118. The summed E-state index contributed by atoms with van der Waals surface area (Å²) in [5.41, 5.74) is 1.38. The van der Waals surface area contributed by atoms with Crippen molar-refractivity contribution in [1.82, 2.24) is 4.98 Å². The normalized spacial score (nSPS) is 26.8. The number of halogens is 2. The van der Waals surface area contributed by atoms with Gasteiger partial charge in [-0.05, 0) is 49.3 Å². The number of carbonyl (C=O) groups is 2. The predicted molar refractivity (Wildman–Crippen MR) is 102 cm³/mol. The van der Waals surface area contributed by atoms with E-state index in [1.54, 1.807) is 23.6 Å². The molecule has 136 valence electrons. The Morgan fingerprint density at radius 1 is 1.19 bits per heavy atom. The van der Waals surface area contributed by atoms with E-state index in [-0.39, 0.29) is 17.7 Å². The lowest BCUT2D eigenvalue weighted by Crippen LogP contribution is -2.37. The van der Waals surface area contributed by atoms with Crippen LogP contribution in [0.25, 0.3) is 11.3 Å². The third-order valence-electron chi connectivity index (χ3n) is 5.45. The molecular weight excluding hydrogens is 395 g/mol. The molecule has 8 heteroatoms. The SMILES string of the molecule is O=C(O)[C@@H]1[C@@H]2CC[C@@H](C2)[C@@H]1C(=O)Nc1nc(-c2ccc(Cl)cc2Cl)cs1. The van der Waals surface area contributed by atoms with Gasteiger partial charge in [-0.15, -0.1) is 11.3 Å². The smallest absolute Gasteiger partial charge is 0.307 e. The molecular formula is C18H16Cl2N2O3S. The molecule has 1 aromatic carbocycles. The van der Waals surface area contributed by atoms with Gasteiger partial charge in [0.15, 0.2) is 5.13 Å². The second-order valence-electron chi connectivity index (χ2n) is 6.87. The summed E-state index contributed by atoms with van der Waals surface area (Å²) in [6.07, 6.45) is 2.66. The van der Waals surface area contributed by atoms with Crippen molar-refractivity contribution in [2.75, 3.05) is 5.32 Å². The number of aliphatic carboxylic acids is 1. The quantitative estimate of drug-likeness (QED) is 0.758. The minimum Gasteiger partial charge on any atom is -0.481 e. The van der Waals surface area contributed by atoms with Gasteiger partial charge in [-0.1, -0.05) is 23.2 Å². The Bertz CT molecular complexity index is 885. The summed E-state index contributed by atoms with van der Waals surface area (Å²) in [5, 5.41) is 15.6. The molecule has 26 heavy (non-hydrogen) atoms. The highest BCUT2D eigenvalue weighted by Crippen LogP contribution is 2.52. The number of carboxylic acid groups (broad SMARTS) is 1. The summed E-state index contributed by atoms with van der Waals surface area (Å²) >= 11 is 13.4. The van der Waals surface area contributed by atoms with E-state index in [1.165, 1.54) is 11.3 Å². The average molecular weight is 411 g/mol. The fraction of sp³-hybridized carbons (Fsp3) is 0.389. The van der Waals surface area contributed by atoms with Crippen molar-refractivity contribution < 1.29 is 14.7 Å². The monoisotopic (exact) mass is 410 g/mol. The summed E-state index contributed by atoms with van der Waals surface area (Å²) in [6.45, 7) is 0. The van der Waals surface area contributed by atoms with Crippen LogP contribution in [-0.4, -0.2) is 22.0 Å². The van der Waals surface area contributed by atoms with Crippen LogP contribution in [-0.2, 0) is 9.59 Å². The van der Waals surface area contributed by atoms with Crippen LogP contribution >= 0.6 is 34.5 Å². The number of hydrogen-bond acceptors (Lipinski definition) is 4. The zero-order valence-corrected chi connectivity index (χ0v) is 15.9. The third-order valence-corrected chi connectivity index (χ3v) is 6.75. The molecule has 2 aromatic rings. The van der Waals surface area contributed by atoms with Crippen LogP contribution in [0.5, 0.6) is 0 Å².